The van der Waals surface area contributed by atoms with Crippen LogP contribution < -0.4 is 10.1 Å². The highest BCUT2D eigenvalue weighted by molar-refractivity contribution is 5.28. The highest BCUT2D eigenvalue weighted by atomic mass is 16.5. The maximum atomic E-state index is 5.63. The molecule has 0 radical (unpaired) electrons. The van der Waals surface area contributed by atoms with E-state index in [1.54, 1.807) is 18.1 Å². The molecule has 0 atom stereocenters. The van der Waals surface area contributed by atoms with E-state index >= 15 is 0 Å². The van der Waals surface area contributed by atoms with Gasteiger partial charge in [-0.25, -0.2) is 4.98 Å². The van der Waals surface area contributed by atoms with Gasteiger partial charge in [-0.3, -0.25) is 4.68 Å². The molecule has 1 N–H and O–H groups in total. The van der Waals surface area contributed by atoms with Gasteiger partial charge in [-0.15, -0.1) is 5.10 Å². The number of nitrogens with zero attached hydrogens (tertiary/aromatic N) is 4. The van der Waals surface area contributed by atoms with E-state index in [1.807, 2.05) is 6.07 Å². The van der Waals surface area contributed by atoms with E-state index in [2.05, 4.69) is 47.2 Å². The average Bonchev–Trinajstić information content (AvgIpc) is 2.81. The summed E-state index contributed by atoms with van der Waals surface area (Å²) in [5.74, 6) is 0.880. The van der Waals surface area contributed by atoms with E-state index in [0.29, 0.717) is 17.8 Å². The molecule has 108 valence electrons. The lowest BCUT2D eigenvalue weighted by Gasteiger charge is -2.10. The number of aryl methyl sites for hydroxylation is 1. The SMILES string of the molecule is CCNCc1cc(Oc2ncn(C)n2)nc(C(C)C)c1. The number of aromatic nitrogens is 4. The second-order valence-corrected chi connectivity index (χ2v) is 4.98. The number of rotatable bonds is 6. The maximum Gasteiger partial charge on any atom is 0.342 e. The minimum atomic E-state index is 0.315. The van der Waals surface area contributed by atoms with Crippen LogP contribution in [0, 0.1) is 0 Å². The number of pyridine rings is 1. The van der Waals surface area contributed by atoms with Gasteiger partial charge in [0.1, 0.15) is 6.33 Å². The van der Waals surface area contributed by atoms with Crippen molar-refractivity contribution in [3.05, 3.63) is 29.7 Å². The zero-order valence-corrected chi connectivity index (χ0v) is 12.4. The molecule has 0 aliphatic rings. The molecule has 0 saturated carbocycles. The fourth-order valence-electron chi connectivity index (χ4n) is 1.76. The largest absolute Gasteiger partial charge is 0.404 e. The molecular formula is C14H21N5O. The highest BCUT2D eigenvalue weighted by Crippen LogP contribution is 2.21. The smallest absolute Gasteiger partial charge is 0.342 e. The van der Waals surface area contributed by atoms with Gasteiger partial charge in [-0.1, -0.05) is 20.8 Å². The monoisotopic (exact) mass is 275 g/mol. The van der Waals surface area contributed by atoms with E-state index in [0.717, 1.165) is 24.3 Å². The fourth-order valence-corrected chi connectivity index (χ4v) is 1.76. The Morgan fingerprint density at radius 2 is 2.15 bits per heavy atom. The molecule has 2 heterocycles. The second kappa shape index (κ2) is 6.47. The molecule has 0 spiro atoms. The van der Waals surface area contributed by atoms with Gasteiger partial charge in [0.15, 0.2) is 0 Å². The van der Waals surface area contributed by atoms with Crippen molar-refractivity contribution < 1.29 is 4.74 Å². The van der Waals surface area contributed by atoms with Crippen molar-refractivity contribution in [3.8, 4) is 11.9 Å². The first-order valence-corrected chi connectivity index (χ1v) is 6.83. The summed E-state index contributed by atoms with van der Waals surface area (Å²) in [5.41, 5.74) is 2.16. The third-order valence-electron chi connectivity index (χ3n) is 2.83. The summed E-state index contributed by atoms with van der Waals surface area (Å²) in [6.45, 7) is 8.03. The molecular weight excluding hydrogens is 254 g/mol. The molecule has 0 saturated heterocycles. The molecule has 2 aromatic rings. The second-order valence-electron chi connectivity index (χ2n) is 4.98. The lowest BCUT2D eigenvalue weighted by Crippen LogP contribution is -2.12. The molecule has 0 aliphatic heterocycles. The highest BCUT2D eigenvalue weighted by Gasteiger charge is 2.09. The fraction of sp³-hybridized carbons (Fsp3) is 0.500. The van der Waals surface area contributed by atoms with Gasteiger partial charge in [0.25, 0.3) is 0 Å². The summed E-state index contributed by atoms with van der Waals surface area (Å²) in [4.78, 5) is 8.56. The van der Waals surface area contributed by atoms with Gasteiger partial charge < -0.3 is 10.1 Å². The van der Waals surface area contributed by atoms with Crippen LogP contribution in [-0.2, 0) is 13.6 Å². The van der Waals surface area contributed by atoms with Crippen molar-refractivity contribution in [3.63, 3.8) is 0 Å². The van der Waals surface area contributed by atoms with Crippen molar-refractivity contribution in [1.82, 2.24) is 25.1 Å². The summed E-state index contributed by atoms with van der Waals surface area (Å²) in [5, 5.41) is 7.41. The normalized spacial score (nSPS) is 11.1. The predicted octanol–water partition coefficient (Wildman–Crippen LogP) is 2.24. The first kappa shape index (κ1) is 14.5. The molecule has 0 unspecified atom stereocenters. The van der Waals surface area contributed by atoms with E-state index in [4.69, 9.17) is 4.74 Å². The molecule has 6 nitrogen and oxygen atoms in total. The topological polar surface area (TPSA) is 64.9 Å². The summed E-state index contributed by atoms with van der Waals surface area (Å²) in [6, 6.07) is 4.34. The minimum absolute atomic E-state index is 0.315. The zero-order chi connectivity index (χ0) is 14.5. The van der Waals surface area contributed by atoms with Crippen LogP contribution in [0.1, 0.15) is 37.9 Å². The summed E-state index contributed by atoms with van der Waals surface area (Å²) < 4.78 is 7.23. The van der Waals surface area contributed by atoms with E-state index < -0.39 is 0 Å². The third-order valence-corrected chi connectivity index (χ3v) is 2.83. The Morgan fingerprint density at radius 1 is 1.35 bits per heavy atom. The molecule has 6 heteroatoms. The zero-order valence-electron chi connectivity index (χ0n) is 12.4. The predicted molar refractivity (Wildman–Crippen MR) is 76.8 cm³/mol. The Bertz CT molecular complexity index is 564. The van der Waals surface area contributed by atoms with Crippen LogP contribution in [0.4, 0.5) is 0 Å². The first-order valence-electron chi connectivity index (χ1n) is 6.83. The number of ether oxygens (including phenoxy) is 1. The van der Waals surface area contributed by atoms with Crippen LogP contribution in [0.3, 0.4) is 0 Å². The van der Waals surface area contributed by atoms with Crippen molar-refractivity contribution in [2.45, 2.75) is 33.2 Å². The minimum Gasteiger partial charge on any atom is -0.404 e. The summed E-state index contributed by atoms with van der Waals surface area (Å²) >= 11 is 0. The Balaban J connectivity index is 2.23. The van der Waals surface area contributed by atoms with Crippen LogP contribution in [-0.4, -0.2) is 26.3 Å². The molecule has 20 heavy (non-hydrogen) atoms. The van der Waals surface area contributed by atoms with Gasteiger partial charge in [-0.05, 0) is 24.1 Å². The van der Waals surface area contributed by atoms with E-state index in [-0.39, 0.29) is 0 Å². The van der Waals surface area contributed by atoms with E-state index in [9.17, 15) is 0 Å². The van der Waals surface area contributed by atoms with Crippen LogP contribution in [0.2, 0.25) is 0 Å². The Kier molecular flexibility index (Phi) is 4.68. The summed E-state index contributed by atoms with van der Waals surface area (Å²) in [6.07, 6.45) is 1.60. The van der Waals surface area contributed by atoms with Crippen molar-refractivity contribution in [2.24, 2.45) is 7.05 Å². The van der Waals surface area contributed by atoms with Gasteiger partial charge in [0.2, 0.25) is 5.88 Å². The van der Waals surface area contributed by atoms with Gasteiger partial charge in [0.05, 0.1) is 0 Å². The molecule has 0 bridgehead atoms. The van der Waals surface area contributed by atoms with Gasteiger partial charge in [-0.2, -0.15) is 4.98 Å². The van der Waals surface area contributed by atoms with Crippen molar-refractivity contribution in [1.29, 1.82) is 0 Å². The average molecular weight is 275 g/mol. The Morgan fingerprint density at radius 3 is 2.75 bits per heavy atom. The number of hydrogen-bond donors (Lipinski definition) is 1. The van der Waals surface area contributed by atoms with Crippen molar-refractivity contribution >= 4 is 0 Å². The molecule has 2 rings (SSSR count). The van der Waals surface area contributed by atoms with Crippen LogP contribution in [0.5, 0.6) is 11.9 Å². The number of nitrogens with one attached hydrogen (secondary N) is 1. The van der Waals surface area contributed by atoms with Crippen molar-refractivity contribution in [2.75, 3.05) is 6.54 Å². The summed E-state index contributed by atoms with van der Waals surface area (Å²) in [7, 11) is 1.80. The molecule has 2 aromatic heterocycles. The molecule has 0 aromatic carbocycles. The molecule has 0 aliphatic carbocycles. The van der Waals surface area contributed by atoms with Crippen LogP contribution in [0.15, 0.2) is 18.5 Å². The van der Waals surface area contributed by atoms with E-state index in [1.165, 1.54) is 0 Å². The van der Waals surface area contributed by atoms with Crippen LogP contribution in [0.25, 0.3) is 0 Å². The maximum absolute atomic E-state index is 5.63. The quantitative estimate of drug-likeness (QED) is 0.875. The third kappa shape index (κ3) is 3.77. The Labute approximate surface area is 119 Å². The Hall–Kier alpha value is -1.95. The molecule has 0 amide bonds. The first-order chi connectivity index (χ1) is 9.58. The lowest BCUT2D eigenvalue weighted by atomic mass is 10.1. The van der Waals surface area contributed by atoms with Gasteiger partial charge in [0, 0.05) is 25.4 Å². The van der Waals surface area contributed by atoms with Gasteiger partial charge >= 0.3 is 6.01 Å². The number of hydrogen-bond acceptors (Lipinski definition) is 5. The standard InChI is InChI=1S/C14H21N5O/c1-5-15-8-11-6-12(10(2)3)17-13(7-11)20-14-16-9-19(4)18-14/h6-7,9-10,15H,5,8H2,1-4H3. The van der Waals surface area contributed by atoms with Crippen LogP contribution >= 0.6 is 0 Å². The lowest BCUT2D eigenvalue weighted by molar-refractivity contribution is 0.419. The molecule has 0 fully saturated rings.